The molecule has 1 unspecified atom stereocenters. The summed E-state index contributed by atoms with van der Waals surface area (Å²) in [6, 6.07) is 5.63. The minimum absolute atomic E-state index is 0.269. The summed E-state index contributed by atoms with van der Waals surface area (Å²) in [5, 5.41) is 3.08. The first-order valence-electron chi connectivity index (χ1n) is 7.62. The molecular weight excluding hydrogens is 266 g/mol. The van der Waals surface area contributed by atoms with E-state index in [4.69, 9.17) is 9.47 Å². The minimum Gasteiger partial charge on any atom is -0.491 e. The fraction of sp³-hybridized carbons (Fsp3) is 0.588. The molecule has 0 amide bonds. The Morgan fingerprint density at radius 1 is 1.29 bits per heavy atom. The molecule has 0 aliphatic rings. The Labute approximate surface area is 127 Å². The SMILES string of the molecule is CCNC(COc1ccc(C(C)C)c(C)c1)C(=O)OCC. The van der Waals surface area contributed by atoms with Crippen LogP contribution >= 0.6 is 0 Å². The van der Waals surface area contributed by atoms with E-state index in [0.717, 1.165) is 5.75 Å². The van der Waals surface area contributed by atoms with Gasteiger partial charge >= 0.3 is 5.97 Å². The fourth-order valence-corrected chi connectivity index (χ4v) is 2.26. The maximum Gasteiger partial charge on any atom is 0.326 e. The molecule has 1 aromatic carbocycles. The van der Waals surface area contributed by atoms with Gasteiger partial charge in [0.05, 0.1) is 6.61 Å². The van der Waals surface area contributed by atoms with Gasteiger partial charge in [0.1, 0.15) is 18.4 Å². The highest BCUT2D eigenvalue weighted by Crippen LogP contribution is 2.23. The predicted octanol–water partition coefficient (Wildman–Crippen LogP) is 3.04. The number of carbonyl (C=O) groups is 1. The zero-order chi connectivity index (χ0) is 15.8. The number of carbonyl (C=O) groups excluding carboxylic acids is 1. The van der Waals surface area contributed by atoms with Crippen LogP contribution in [0.25, 0.3) is 0 Å². The van der Waals surface area contributed by atoms with E-state index in [1.54, 1.807) is 6.92 Å². The van der Waals surface area contributed by atoms with Crippen molar-refractivity contribution in [2.75, 3.05) is 19.8 Å². The molecule has 0 aliphatic heterocycles. The van der Waals surface area contributed by atoms with Crippen LogP contribution in [0.2, 0.25) is 0 Å². The van der Waals surface area contributed by atoms with Gasteiger partial charge < -0.3 is 14.8 Å². The molecule has 0 saturated carbocycles. The molecule has 4 heteroatoms. The normalized spacial score (nSPS) is 12.3. The van der Waals surface area contributed by atoms with Gasteiger partial charge in [0.2, 0.25) is 0 Å². The highest BCUT2D eigenvalue weighted by Gasteiger charge is 2.19. The number of aryl methyl sites for hydroxylation is 1. The van der Waals surface area contributed by atoms with Gasteiger partial charge in [-0.2, -0.15) is 0 Å². The van der Waals surface area contributed by atoms with Crippen LogP contribution in [-0.2, 0) is 9.53 Å². The van der Waals surface area contributed by atoms with Crippen LogP contribution < -0.4 is 10.1 Å². The third-order valence-corrected chi connectivity index (χ3v) is 3.30. The van der Waals surface area contributed by atoms with Crippen molar-refractivity contribution in [3.8, 4) is 5.75 Å². The molecule has 0 aliphatic carbocycles. The molecule has 1 N–H and O–H groups in total. The van der Waals surface area contributed by atoms with Crippen molar-refractivity contribution in [2.45, 2.75) is 46.6 Å². The Hall–Kier alpha value is -1.55. The largest absolute Gasteiger partial charge is 0.491 e. The van der Waals surface area contributed by atoms with Crippen molar-refractivity contribution in [3.05, 3.63) is 29.3 Å². The Kier molecular flexibility index (Phi) is 7.23. The summed E-state index contributed by atoms with van der Waals surface area (Å²) in [4.78, 5) is 11.8. The summed E-state index contributed by atoms with van der Waals surface area (Å²) < 4.78 is 10.8. The molecule has 1 rings (SSSR count). The Morgan fingerprint density at radius 2 is 2.00 bits per heavy atom. The van der Waals surface area contributed by atoms with Crippen LogP contribution in [0.4, 0.5) is 0 Å². The molecule has 21 heavy (non-hydrogen) atoms. The summed E-state index contributed by atoms with van der Waals surface area (Å²) in [7, 11) is 0. The monoisotopic (exact) mass is 293 g/mol. The van der Waals surface area contributed by atoms with Gasteiger partial charge in [-0.3, -0.25) is 4.79 Å². The Balaban J connectivity index is 2.67. The van der Waals surface area contributed by atoms with Gasteiger partial charge in [-0.15, -0.1) is 0 Å². The van der Waals surface area contributed by atoms with Crippen molar-refractivity contribution in [1.82, 2.24) is 5.32 Å². The van der Waals surface area contributed by atoms with Gasteiger partial charge in [0.25, 0.3) is 0 Å². The average Bonchev–Trinajstić information content (AvgIpc) is 2.43. The van der Waals surface area contributed by atoms with E-state index in [1.807, 2.05) is 19.1 Å². The number of rotatable bonds is 8. The Bertz CT molecular complexity index is 457. The summed E-state index contributed by atoms with van der Waals surface area (Å²) in [5.41, 5.74) is 2.52. The molecule has 0 heterocycles. The van der Waals surface area contributed by atoms with Crippen LogP contribution in [0.15, 0.2) is 18.2 Å². The van der Waals surface area contributed by atoms with Crippen molar-refractivity contribution >= 4 is 5.97 Å². The van der Waals surface area contributed by atoms with E-state index in [-0.39, 0.29) is 12.6 Å². The zero-order valence-electron chi connectivity index (χ0n) is 13.7. The second-order valence-electron chi connectivity index (χ2n) is 5.35. The summed E-state index contributed by atoms with van der Waals surface area (Å²) >= 11 is 0. The van der Waals surface area contributed by atoms with E-state index < -0.39 is 6.04 Å². The van der Waals surface area contributed by atoms with Crippen molar-refractivity contribution in [1.29, 1.82) is 0 Å². The van der Waals surface area contributed by atoms with Crippen LogP contribution in [0.5, 0.6) is 5.75 Å². The highest BCUT2D eigenvalue weighted by molar-refractivity contribution is 5.76. The van der Waals surface area contributed by atoms with E-state index >= 15 is 0 Å². The van der Waals surface area contributed by atoms with E-state index in [9.17, 15) is 4.79 Å². The van der Waals surface area contributed by atoms with Crippen molar-refractivity contribution in [3.63, 3.8) is 0 Å². The molecule has 0 fully saturated rings. The van der Waals surface area contributed by atoms with Crippen LogP contribution in [-0.4, -0.2) is 31.8 Å². The topological polar surface area (TPSA) is 47.6 Å². The molecule has 0 bridgehead atoms. The third-order valence-electron chi connectivity index (χ3n) is 3.30. The molecule has 118 valence electrons. The van der Waals surface area contributed by atoms with E-state index in [1.165, 1.54) is 11.1 Å². The predicted molar refractivity (Wildman–Crippen MR) is 84.9 cm³/mol. The number of benzene rings is 1. The van der Waals surface area contributed by atoms with Crippen LogP contribution in [0.1, 0.15) is 44.7 Å². The molecule has 0 radical (unpaired) electrons. The lowest BCUT2D eigenvalue weighted by atomic mass is 9.98. The maximum absolute atomic E-state index is 11.8. The average molecular weight is 293 g/mol. The van der Waals surface area contributed by atoms with E-state index in [0.29, 0.717) is 19.1 Å². The third kappa shape index (κ3) is 5.38. The zero-order valence-corrected chi connectivity index (χ0v) is 13.7. The van der Waals surface area contributed by atoms with Gasteiger partial charge in [-0.25, -0.2) is 0 Å². The fourth-order valence-electron chi connectivity index (χ4n) is 2.26. The van der Waals surface area contributed by atoms with Gasteiger partial charge in [0, 0.05) is 0 Å². The maximum atomic E-state index is 11.8. The number of likely N-dealkylation sites (N-methyl/N-ethyl adjacent to an activating group) is 1. The summed E-state index contributed by atoms with van der Waals surface area (Å²) in [6.45, 7) is 11.5. The van der Waals surface area contributed by atoms with Gasteiger partial charge in [-0.1, -0.05) is 26.8 Å². The first-order chi connectivity index (χ1) is 9.99. The molecule has 1 aromatic rings. The molecule has 0 aromatic heterocycles. The van der Waals surface area contributed by atoms with Crippen molar-refractivity contribution < 1.29 is 14.3 Å². The summed E-state index contributed by atoms with van der Waals surface area (Å²) in [5.74, 6) is 1.01. The minimum atomic E-state index is -0.431. The molecular formula is C17H27NO3. The van der Waals surface area contributed by atoms with Crippen LogP contribution in [0.3, 0.4) is 0 Å². The first-order valence-corrected chi connectivity index (χ1v) is 7.62. The highest BCUT2D eigenvalue weighted by atomic mass is 16.5. The number of nitrogens with one attached hydrogen (secondary N) is 1. The lowest BCUT2D eigenvalue weighted by Crippen LogP contribution is -2.42. The number of esters is 1. The summed E-state index contributed by atoms with van der Waals surface area (Å²) in [6.07, 6.45) is 0. The molecule has 0 saturated heterocycles. The van der Waals surface area contributed by atoms with Crippen molar-refractivity contribution in [2.24, 2.45) is 0 Å². The van der Waals surface area contributed by atoms with Gasteiger partial charge in [0.15, 0.2) is 0 Å². The lowest BCUT2D eigenvalue weighted by Gasteiger charge is -2.18. The van der Waals surface area contributed by atoms with Crippen LogP contribution in [0, 0.1) is 6.92 Å². The first kappa shape index (κ1) is 17.5. The van der Waals surface area contributed by atoms with Gasteiger partial charge in [-0.05, 0) is 49.6 Å². The quantitative estimate of drug-likeness (QED) is 0.748. The molecule has 0 spiro atoms. The number of ether oxygens (including phenoxy) is 2. The number of hydrogen-bond acceptors (Lipinski definition) is 4. The smallest absolute Gasteiger partial charge is 0.326 e. The second kappa shape index (κ2) is 8.67. The Morgan fingerprint density at radius 3 is 2.52 bits per heavy atom. The number of hydrogen-bond donors (Lipinski definition) is 1. The standard InChI is InChI=1S/C17H27NO3/c1-6-18-16(17(19)20-7-2)11-21-14-8-9-15(12(3)4)13(5)10-14/h8-10,12,16,18H,6-7,11H2,1-5H3. The molecule has 1 atom stereocenters. The van der Waals surface area contributed by atoms with E-state index in [2.05, 4.69) is 32.2 Å². The lowest BCUT2D eigenvalue weighted by molar-refractivity contribution is -0.146. The molecule has 4 nitrogen and oxygen atoms in total. The second-order valence-corrected chi connectivity index (χ2v) is 5.35.